The lowest BCUT2D eigenvalue weighted by Crippen LogP contribution is -2.32. The van der Waals surface area contributed by atoms with E-state index in [1.807, 2.05) is 0 Å². The second-order valence-electron chi connectivity index (χ2n) is 7.77. The average molecular weight is 568 g/mol. The van der Waals surface area contributed by atoms with Gasteiger partial charge in [0.2, 0.25) is 0 Å². The minimum atomic E-state index is -4.07. The molecule has 0 saturated carbocycles. The zero-order valence-corrected chi connectivity index (χ0v) is 21.2. The predicted octanol–water partition coefficient (Wildman–Crippen LogP) is 5.87. The van der Waals surface area contributed by atoms with Crippen LogP contribution in [0.5, 0.6) is 11.5 Å². The van der Waals surface area contributed by atoms with Crippen LogP contribution in [0.2, 0.25) is 0 Å². The van der Waals surface area contributed by atoms with Gasteiger partial charge in [0.25, 0.3) is 10.1 Å². The van der Waals surface area contributed by atoms with E-state index < -0.39 is 15.7 Å². The van der Waals surface area contributed by atoms with E-state index in [0.29, 0.717) is 47.9 Å². The van der Waals surface area contributed by atoms with Crippen LogP contribution in [0, 0.1) is 27.7 Å². The Bertz CT molecular complexity index is 1300. The summed E-state index contributed by atoms with van der Waals surface area (Å²) < 4.78 is 33.3. The van der Waals surface area contributed by atoms with E-state index in [1.54, 1.807) is 58.0 Å². The van der Waals surface area contributed by atoms with Crippen LogP contribution in [-0.4, -0.2) is 18.6 Å². The Hall–Kier alpha value is -1.87. The van der Waals surface area contributed by atoms with Crippen molar-refractivity contribution < 1.29 is 22.8 Å². The number of hydrogen-bond donors (Lipinski definition) is 2. The van der Waals surface area contributed by atoms with Crippen molar-refractivity contribution in [3.63, 3.8) is 0 Å². The van der Waals surface area contributed by atoms with Crippen molar-refractivity contribution in [2.24, 2.45) is 0 Å². The Balaban J connectivity index is 2.26. The molecule has 4 rings (SSSR count). The maximum absolute atomic E-state index is 13.2. The van der Waals surface area contributed by atoms with Gasteiger partial charge in [-0.05, 0) is 111 Å². The van der Waals surface area contributed by atoms with Crippen LogP contribution in [-0.2, 0) is 19.9 Å². The highest BCUT2D eigenvalue weighted by molar-refractivity contribution is 9.11. The molecule has 8 heteroatoms. The topological polar surface area (TPSA) is 83.8 Å². The highest BCUT2D eigenvalue weighted by Gasteiger charge is 2.53. The normalized spacial score (nSPS) is 16.3. The van der Waals surface area contributed by atoms with E-state index in [2.05, 4.69) is 31.9 Å². The fourth-order valence-corrected chi connectivity index (χ4v) is 6.68. The number of halogens is 2. The largest absolute Gasteiger partial charge is 0.506 e. The zero-order valence-electron chi connectivity index (χ0n) is 17.2. The van der Waals surface area contributed by atoms with Crippen molar-refractivity contribution >= 4 is 42.0 Å². The first-order valence-corrected chi connectivity index (χ1v) is 12.5. The molecule has 1 aliphatic heterocycles. The van der Waals surface area contributed by atoms with Gasteiger partial charge in [-0.2, -0.15) is 8.42 Å². The van der Waals surface area contributed by atoms with Crippen molar-refractivity contribution in [2.45, 2.75) is 38.2 Å². The molecule has 0 bridgehead atoms. The molecule has 0 radical (unpaired) electrons. The third kappa shape index (κ3) is 3.07. The molecule has 0 aromatic heterocycles. The summed E-state index contributed by atoms with van der Waals surface area (Å²) >= 11 is 6.90. The van der Waals surface area contributed by atoms with Crippen LogP contribution in [0.4, 0.5) is 0 Å². The monoisotopic (exact) mass is 566 g/mol. The van der Waals surface area contributed by atoms with Crippen molar-refractivity contribution in [2.75, 3.05) is 0 Å². The number of phenols is 2. The summed E-state index contributed by atoms with van der Waals surface area (Å²) in [6, 6.07) is 10.2. The van der Waals surface area contributed by atoms with Gasteiger partial charge >= 0.3 is 0 Å². The van der Waals surface area contributed by atoms with Gasteiger partial charge < -0.3 is 10.2 Å². The van der Waals surface area contributed by atoms with E-state index in [-0.39, 0.29) is 16.4 Å². The van der Waals surface area contributed by atoms with Gasteiger partial charge in [0.15, 0.2) is 5.60 Å². The molecule has 31 heavy (non-hydrogen) atoms. The molecule has 162 valence electrons. The van der Waals surface area contributed by atoms with Gasteiger partial charge in [0.05, 0.1) is 8.95 Å². The molecule has 0 unspecified atom stereocenters. The van der Waals surface area contributed by atoms with Crippen LogP contribution in [0.15, 0.2) is 50.2 Å². The molecular formula is C23H20Br2O5S. The first-order valence-electron chi connectivity index (χ1n) is 9.47. The van der Waals surface area contributed by atoms with E-state index in [9.17, 15) is 18.6 Å². The van der Waals surface area contributed by atoms with Crippen LogP contribution < -0.4 is 0 Å². The van der Waals surface area contributed by atoms with E-state index >= 15 is 0 Å². The van der Waals surface area contributed by atoms with E-state index in [0.717, 1.165) is 0 Å². The summed E-state index contributed by atoms with van der Waals surface area (Å²) in [5.74, 6) is 0.177. The maximum atomic E-state index is 13.2. The second kappa shape index (κ2) is 7.33. The van der Waals surface area contributed by atoms with Gasteiger partial charge in [0.1, 0.15) is 16.4 Å². The summed E-state index contributed by atoms with van der Waals surface area (Å²) in [5.41, 5.74) is 2.61. The van der Waals surface area contributed by atoms with Crippen molar-refractivity contribution in [3.05, 3.63) is 84.3 Å². The van der Waals surface area contributed by atoms with E-state index in [4.69, 9.17) is 4.18 Å². The quantitative estimate of drug-likeness (QED) is 0.378. The highest BCUT2D eigenvalue weighted by Crippen LogP contribution is 2.55. The van der Waals surface area contributed by atoms with Gasteiger partial charge in [-0.1, -0.05) is 18.2 Å². The highest BCUT2D eigenvalue weighted by atomic mass is 79.9. The SMILES string of the molecule is Cc1cc(C2(c3cc(C)c(O)c(Br)c3C)OS(=O)(=O)c3ccccc32)c(C)c(Br)c1O. The summed E-state index contributed by atoms with van der Waals surface area (Å²) in [7, 11) is -4.07. The van der Waals surface area contributed by atoms with E-state index in [1.165, 1.54) is 6.07 Å². The van der Waals surface area contributed by atoms with Crippen LogP contribution >= 0.6 is 31.9 Å². The first kappa shape index (κ1) is 22.3. The van der Waals surface area contributed by atoms with Crippen LogP contribution in [0.25, 0.3) is 0 Å². The van der Waals surface area contributed by atoms with Gasteiger partial charge in [-0.15, -0.1) is 0 Å². The van der Waals surface area contributed by atoms with Gasteiger partial charge in [-0.25, -0.2) is 4.18 Å². The molecule has 0 spiro atoms. The van der Waals surface area contributed by atoms with Crippen molar-refractivity contribution in [3.8, 4) is 11.5 Å². The fourth-order valence-electron chi connectivity index (χ4n) is 4.21. The molecule has 1 heterocycles. The lowest BCUT2D eigenvalue weighted by Gasteiger charge is -2.33. The lowest BCUT2D eigenvalue weighted by molar-refractivity contribution is 0.178. The second-order valence-corrected chi connectivity index (χ2v) is 10.9. The molecule has 0 amide bonds. The average Bonchev–Trinajstić information content (AvgIpc) is 2.98. The molecule has 0 fully saturated rings. The Morgan fingerprint density at radius 1 is 0.806 bits per heavy atom. The number of aromatic hydroxyl groups is 2. The van der Waals surface area contributed by atoms with Gasteiger partial charge in [0, 0.05) is 5.56 Å². The standard InChI is InChI=1S/C23H20Br2O5S/c1-11-9-16(13(3)19(24)21(11)26)23(17-10-12(2)22(27)20(25)14(17)4)15-7-5-6-8-18(15)31(28,29)30-23/h5-10,26-27H,1-4H3. The van der Waals surface area contributed by atoms with Crippen molar-refractivity contribution in [1.82, 2.24) is 0 Å². The summed E-state index contributed by atoms with van der Waals surface area (Å²) in [6.07, 6.45) is 0. The summed E-state index contributed by atoms with van der Waals surface area (Å²) in [4.78, 5) is 0.0949. The molecule has 0 saturated heterocycles. The minimum Gasteiger partial charge on any atom is -0.506 e. The number of hydrogen-bond acceptors (Lipinski definition) is 5. The maximum Gasteiger partial charge on any atom is 0.298 e. The van der Waals surface area contributed by atoms with Gasteiger partial charge in [-0.3, -0.25) is 0 Å². The van der Waals surface area contributed by atoms with Crippen LogP contribution in [0.3, 0.4) is 0 Å². The molecule has 3 aromatic rings. The third-order valence-electron chi connectivity index (χ3n) is 5.88. The smallest absolute Gasteiger partial charge is 0.298 e. The Kier molecular flexibility index (Phi) is 5.28. The minimum absolute atomic E-state index is 0.0883. The molecular weight excluding hydrogens is 548 g/mol. The Morgan fingerprint density at radius 2 is 1.26 bits per heavy atom. The summed E-state index contributed by atoms with van der Waals surface area (Å²) in [5, 5.41) is 20.9. The number of rotatable bonds is 2. The lowest BCUT2D eigenvalue weighted by atomic mass is 9.76. The number of aryl methyl sites for hydroxylation is 2. The van der Waals surface area contributed by atoms with Crippen LogP contribution in [0.1, 0.15) is 38.9 Å². The molecule has 2 N–H and O–H groups in total. The third-order valence-corrected chi connectivity index (χ3v) is 9.18. The molecule has 5 nitrogen and oxygen atoms in total. The summed E-state index contributed by atoms with van der Waals surface area (Å²) in [6.45, 7) is 7.09. The first-order chi connectivity index (χ1) is 14.4. The predicted molar refractivity (Wildman–Crippen MR) is 125 cm³/mol. The zero-order chi connectivity index (χ0) is 22.9. The molecule has 0 atom stereocenters. The Labute approximate surface area is 198 Å². The number of fused-ring (bicyclic) bond motifs is 1. The van der Waals surface area contributed by atoms with Crippen molar-refractivity contribution in [1.29, 1.82) is 0 Å². The Morgan fingerprint density at radius 3 is 1.74 bits per heavy atom. The molecule has 1 aliphatic rings. The number of phenolic OH excluding ortho intramolecular Hbond substituents is 2. The fraction of sp³-hybridized carbons (Fsp3) is 0.217. The number of benzene rings is 3. The molecule has 3 aromatic carbocycles. The molecule has 0 aliphatic carbocycles.